The van der Waals surface area contributed by atoms with Gasteiger partial charge in [-0.1, -0.05) is 27.2 Å². The first-order chi connectivity index (χ1) is 8.95. The van der Waals surface area contributed by atoms with Crippen molar-refractivity contribution in [2.75, 3.05) is 0 Å². The summed E-state index contributed by atoms with van der Waals surface area (Å²) in [6.45, 7) is 7.05. The molecule has 0 atom stereocenters. The molecule has 108 valence electrons. The second-order valence-corrected chi connectivity index (χ2v) is 7.75. The molecular formula is C17H28OS. The minimum absolute atomic E-state index is 0.401. The SMILES string of the molecule is CCC(C)(C)C1CCC(O)(CCc2ccsc2)CC1. The summed E-state index contributed by atoms with van der Waals surface area (Å²) in [5.41, 5.74) is 1.42. The molecule has 1 fully saturated rings. The molecule has 0 aliphatic heterocycles. The molecule has 1 aliphatic carbocycles. The lowest BCUT2D eigenvalue weighted by molar-refractivity contribution is -0.0338. The smallest absolute Gasteiger partial charge is 0.0651 e. The Bertz CT molecular complexity index is 372. The van der Waals surface area contributed by atoms with Crippen molar-refractivity contribution in [3.05, 3.63) is 22.4 Å². The third-order valence-electron chi connectivity index (χ3n) is 5.39. The number of hydrogen-bond donors (Lipinski definition) is 1. The molecule has 1 aliphatic rings. The Morgan fingerprint density at radius 1 is 1.37 bits per heavy atom. The van der Waals surface area contributed by atoms with Crippen LogP contribution in [-0.4, -0.2) is 10.7 Å². The summed E-state index contributed by atoms with van der Waals surface area (Å²) in [5, 5.41) is 15.1. The molecule has 0 radical (unpaired) electrons. The molecule has 1 aromatic heterocycles. The fourth-order valence-electron chi connectivity index (χ4n) is 3.29. The van der Waals surface area contributed by atoms with E-state index in [-0.39, 0.29) is 0 Å². The van der Waals surface area contributed by atoms with E-state index in [1.807, 2.05) is 0 Å². The topological polar surface area (TPSA) is 20.2 Å². The lowest BCUT2D eigenvalue weighted by Crippen LogP contribution is -2.38. The van der Waals surface area contributed by atoms with Crippen LogP contribution in [0.3, 0.4) is 0 Å². The number of thiophene rings is 1. The molecule has 0 unspecified atom stereocenters. The quantitative estimate of drug-likeness (QED) is 0.801. The average molecular weight is 280 g/mol. The van der Waals surface area contributed by atoms with Crippen molar-refractivity contribution in [2.45, 2.75) is 71.3 Å². The van der Waals surface area contributed by atoms with Gasteiger partial charge >= 0.3 is 0 Å². The second-order valence-electron chi connectivity index (χ2n) is 6.97. The zero-order valence-corrected chi connectivity index (χ0v) is 13.4. The normalized spacial score (nSPS) is 28.5. The van der Waals surface area contributed by atoms with Crippen LogP contribution in [0, 0.1) is 11.3 Å². The number of aryl methyl sites for hydroxylation is 1. The van der Waals surface area contributed by atoms with Gasteiger partial charge in [-0.3, -0.25) is 0 Å². The lowest BCUT2D eigenvalue weighted by Gasteiger charge is -2.42. The summed E-state index contributed by atoms with van der Waals surface area (Å²) in [5.74, 6) is 0.791. The van der Waals surface area contributed by atoms with Crippen LogP contribution in [0.4, 0.5) is 0 Å². The number of hydrogen-bond acceptors (Lipinski definition) is 2. The van der Waals surface area contributed by atoms with Gasteiger partial charge in [-0.25, -0.2) is 0 Å². The van der Waals surface area contributed by atoms with E-state index in [9.17, 15) is 5.11 Å². The molecule has 1 nitrogen and oxygen atoms in total. The van der Waals surface area contributed by atoms with Gasteiger partial charge in [-0.15, -0.1) is 0 Å². The Morgan fingerprint density at radius 2 is 2.05 bits per heavy atom. The van der Waals surface area contributed by atoms with Crippen molar-refractivity contribution in [3.8, 4) is 0 Å². The van der Waals surface area contributed by atoms with Crippen molar-refractivity contribution in [3.63, 3.8) is 0 Å². The standard InChI is InChI=1S/C17H28OS/c1-4-16(2,3)15-6-10-17(18,11-7-15)9-5-14-8-12-19-13-14/h8,12-13,15,18H,4-7,9-11H2,1-3H3. The van der Waals surface area contributed by atoms with Crippen molar-refractivity contribution in [1.29, 1.82) is 0 Å². The summed E-state index contributed by atoms with van der Waals surface area (Å²) in [6, 6.07) is 2.18. The van der Waals surface area contributed by atoms with Crippen LogP contribution in [0.2, 0.25) is 0 Å². The predicted octanol–water partition coefficient (Wildman–Crippen LogP) is 5.04. The fraction of sp³-hybridized carbons (Fsp3) is 0.765. The maximum absolute atomic E-state index is 10.7. The highest BCUT2D eigenvalue weighted by atomic mass is 32.1. The van der Waals surface area contributed by atoms with Gasteiger partial charge in [0.1, 0.15) is 0 Å². The van der Waals surface area contributed by atoms with E-state index in [1.165, 1.54) is 24.8 Å². The highest BCUT2D eigenvalue weighted by Crippen LogP contribution is 2.44. The van der Waals surface area contributed by atoms with Crippen LogP contribution >= 0.6 is 11.3 Å². The zero-order valence-electron chi connectivity index (χ0n) is 12.6. The molecule has 2 rings (SSSR count). The molecule has 0 amide bonds. The van der Waals surface area contributed by atoms with E-state index < -0.39 is 5.60 Å². The number of rotatable bonds is 5. The van der Waals surface area contributed by atoms with Crippen molar-refractivity contribution >= 4 is 11.3 Å². The molecule has 1 heterocycles. The van der Waals surface area contributed by atoms with Gasteiger partial charge in [0.15, 0.2) is 0 Å². The monoisotopic (exact) mass is 280 g/mol. The van der Waals surface area contributed by atoms with Gasteiger partial charge in [0, 0.05) is 0 Å². The summed E-state index contributed by atoms with van der Waals surface area (Å²) in [6.07, 6.45) is 7.58. The van der Waals surface area contributed by atoms with E-state index in [0.29, 0.717) is 5.41 Å². The molecular weight excluding hydrogens is 252 g/mol. The van der Waals surface area contributed by atoms with Gasteiger partial charge in [0.25, 0.3) is 0 Å². The average Bonchev–Trinajstić information content (AvgIpc) is 2.90. The Morgan fingerprint density at radius 3 is 2.58 bits per heavy atom. The first-order valence-electron chi connectivity index (χ1n) is 7.69. The Kier molecular flexibility index (Phi) is 4.73. The van der Waals surface area contributed by atoms with Crippen molar-refractivity contribution in [1.82, 2.24) is 0 Å². The Balaban J connectivity index is 1.84. The van der Waals surface area contributed by atoms with Gasteiger partial charge < -0.3 is 5.11 Å². The highest BCUT2D eigenvalue weighted by molar-refractivity contribution is 7.07. The molecule has 1 aromatic rings. The minimum Gasteiger partial charge on any atom is -0.390 e. The fourth-order valence-corrected chi connectivity index (χ4v) is 3.99. The van der Waals surface area contributed by atoms with Gasteiger partial charge in [0.2, 0.25) is 0 Å². The van der Waals surface area contributed by atoms with E-state index in [2.05, 4.69) is 37.6 Å². The summed E-state index contributed by atoms with van der Waals surface area (Å²) in [4.78, 5) is 0. The van der Waals surface area contributed by atoms with Crippen LogP contribution in [0.5, 0.6) is 0 Å². The zero-order chi connectivity index (χ0) is 13.9. The van der Waals surface area contributed by atoms with E-state index in [1.54, 1.807) is 11.3 Å². The molecule has 1 saturated carbocycles. The van der Waals surface area contributed by atoms with Crippen LogP contribution in [-0.2, 0) is 6.42 Å². The molecule has 1 N–H and O–H groups in total. The van der Waals surface area contributed by atoms with Crippen LogP contribution in [0.25, 0.3) is 0 Å². The molecule has 0 spiro atoms. The number of aliphatic hydroxyl groups is 1. The molecule has 0 saturated heterocycles. The van der Waals surface area contributed by atoms with Crippen LogP contribution in [0.15, 0.2) is 16.8 Å². The molecule has 19 heavy (non-hydrogen) atoms. The van der Waals surface area contributed by atoms with Gasteiger partial charge in [-0.05, 0) is 72.2 Å². The Labute approximate surface area is 122 Å². The van der Waals surface area contributed by atoms with Crippen LogP contribution in [0.1, 0.15) is 64.9 Å². The summed E-state index contributed by atoms with van der Waals surface area (Å²) >= 11 is 1.75. The van der Waals surface area contributed by atoms with Crippen molar-refractivity contribution < 1.29 is 5.11 Å². The van der Waals surface area contributed by atoms with E-state index >= 15 is 0 Å². The van der Waals surface area contributed by atoms with Crippen LogP contribution < -0.4 is 0 Å². The maximum atomic E-state index is 10.7. The second kappa shape index (κ2) is 5.97. The molecule has 0 aromatic carbocycles. The van der Waals surface area contributed by atoms with Gasteiger partial charge in [0.05, 0.1) is 5.60 Å². The maximum Gasteiger partial charge on any atom is 0.0651 e. The highest BCUT2D eigenvalue weighted by Gasteiger charge is 2.37. The lowest BCUT2D eigenvalue weighted by atomic mass is 9.65. The van der Waals surface area contributed by atoms with Crippen molar-refractivity contribution in [2.24, 2.45) is 11.3 Å². The molecule has 2 heteroatoms. The predicted molar refractivity (Wildman–Crippen MR) is 83.6 cm³/mol. The first kappa shape index (κ1) is 15.1. The largest absolute Gasteiger partial charge is 0.390 e. The van der Waals surface area contributed by atoms with E-state index in [0.717, 1.165) is 31.6 Å². The Hall–Kier alpha value is -0.340. The summed E-state index contributed by atoms with van der Waals surface area (Å²) in [7, 11) is 0. The summed E-state index contributed by atoms with van der Waals surface area (Å²) < 4.78 is 0. The third kappa shape index (κ3) is 3.82. The third-order valence-corrected chi connectivity index (χ3v) is 6.12. The van der Waals surface area contributed by atoms with E-state index in [4.69, 9.17) is 0 Å². The first-order valence-corrected chi connectivity index (χ1v) is 8.63. The minimum atomic E-state index is -0.401. The van der Waals surface area contributed by atoms with Gasteiger partial charge in [-0.2, -0.15) is 11.3 Å². The molecule has 0 bridgehead atoms.